The maximum Gasteiger partial charge on any atom is 0.113 e. The van der Waals surface area contributed by atoms with Crippen molar-refractivity contribution in [1.82, 2.24) is 5.43 Å². The van der Waals surface area contributed by atoms with Crippen molar-refractivity contribution >= 4 is 11.3 Å². The number of nitrogens with two attached hydrogens (primary N) is 1. The van der Waals surface area contributed by atoms with E-state index in [0.29, 0.717) is 13.2 Å². The lowest BCUT2D eigenvalue weighted by molar-refractivity contribution is -0.0767. The van der Waals surface area contributed by atoms with E-state index >= 15 is 0 Å². The average molecular weight is 170 g/mol. The first kappa shape index (κ1) is 7.24. The molecule has 0 bridgehead atoms. The molecule has 0 spiro atoms. The first-order valence-electron chi connectivity index (χ1n) is 3.47. The first-order valence-corrected chi connectivity index (χ1v) is 4.35. The van der Waals surface area contributed by atoms with Crippen LogP contribution in [0.15, 0.2) is 17.5 Å². The summed E-state index contributed by atoms with van der Waals surface area (Å²) in [6.07, 6.45) is 0. The second kappa shape index (κ2) is 2.57. The summed E-state index contributed by atoms with van der Waals surface area (Å²) in [5, 5.41) is 2.05. The van der Waals surface area contributed by atoms with Crippen LogP contribution in [-0.4, -0.2) is 13.2 Å². The maximum absolute atomic E-state index is 5.44. The molecule has 1 aliphatic rings. The molecule has 4 heteroatoms. The zero-order valence-electron chi connectivity index (χ0n) is 6.04. The van der Waals surface area contributed by atoms with E-state index in [1.54, 1.807) is 11.3 Å². The fourth-order valence-corrected chi connectivity index (χ4v) is 2.02. The summed E-state index contributed by atoms with van der Waals surface area (Å²) < 4.78 is 5.12. The van der Waals surface area contributed by atoms with E-state index in [4.69, 9.17) is 10.6 Å². The van der Waals surface area contributed by atoms with Gasteiger partial charge in [0.15, 0.2) is 0 Å². The highest BCUT2D eigenvalue weighted by atomic mass is 32.1. The van der Waals surface area contributed by atoms with Crippen molar-refractivity contribution in [2.24, 2.45) is 5.84 Å². The summed E-state index contributed by atoms with van der Waals surface area (Å²) in [5.41, 5.74) is 2.71. The minimum Gasteiger partial charge on any atom is -0.377 e. The van der Waals surface area contributed by atoms with Crippen molar-refractivity contribution in [2.75, 3.05) is 13.2 Å². The van der Waals surface area contributed by atoms with E-state index in [1.165, 1.54) is 4.88 Å². The van der Waals surface area contributed by atoms with E-state index in [-0.39, 0.29) is 5.54 Å². The molecular formula is C7H10N2OS. The van der Waals surface area contributed by atoms with Crippen LogP contribution in [0.5, 0.6) is 0 Å². The second-order valence-corrected chi connectivity index (χ2v) is 3.64. The van der Waals surface area contributed by atoms with Crippen LogP contribution >= 0.6 is 11.3 Å². The lowest BCUT2D eigenvalue weighted by Crippen LogP contribution is -2.59. The Hall–Kier alpha value is -0.420. The van der Waals surface area contributed by atoms with Crippen molar-refractivity contribution in [3.63, 3.8) is 0 Å². The number of ether oxygens (including phenoxy) is 1. The van der Waals surface area contributed by atoms with Crippen molar-refractivity contribution in [3.05, 3.63) is 22.4 Å². The molecule has 11 heavy (non-hydrogen) atoms. The van der Waals surface area contributed by atoms with Crippen molar-refractivity contribution in [2.45, 2.75) is 5.54 Å². The summed E-state index contributed by atoms with van der Waals surface area (Å²) >= 11 is 1.71. The molecule has 3 nitrogen and oxygen atoms in total. The minimum absolute atomic E-state index is 0.0891. The molecule has 1 aromatic rings. The van der Waals surface area contributed by atoms with Gasteiger partial charge in [0.25, 0.3) is 0 Å². The van der Waals surface area contributed by atoms with Crippen LogP contribution in [0.25, 0.3) is 0 Å². The van der Waals surface area contributed by atoms with E-state index in [0.717, 1.165) is 0 Å². The van der Waals surface area contributed by atoms with Crippen LogP contribution < -0.4 is 11.3 Å². The number of thiophene rings is 1. The zero-order valence-corrected chi connectivity index (χ0v) is 6.86. The third-order valence-electron chi connectivity index (χ3n) is 1.97. The molecule has 0 aromatic carbocycles. The molecule has 0 unspecified atom stereocenters. The maximum atomic E-state index is 5.44. The molecule has 60 valence electrons. The summed E-state index contributed by atoms with van der Waals surface area (Å²) in [6.45, 7) is 1.37. The molecule has 0 amide bonds. The normalized spacial score (nSPS) is 21.2. The minimum atomic E-state index is -0.0891. The lowest BCUT2D eigenvalue weighted by Gasteiger charge is -2.39. The molecule has 0 saturated carbocycles. The highest BCUT2D eigenvalue weighted by Gasteiger charge is 2.40. The van der Waals surface area contributed by atoms with Gasteiger partial charge >= 0.3 is 0 Å². The van der Waals surface area contributed by atoms with Gasteiger partial charge in [0.05, 0.1) is 13.2 Å². The number of hydrazine groups is 1. The highest BCUT2D eigenvalue weighted by Crippen LogP contribution is 2.31. The SMILES string of the molecule is NNC1(c2cccs2)COC1. The fraction of sp³-hybridized carbons (Fsp3) is 0.429. The third kappa shape index (κ3) is 0.990. The molecule has 2 heterocycles. The Morgan fingerprint density at radius 1 is 1.64 bits per heavy atom. The van der Waals surface area contributed by atoms with Gasteiger partial charge in [-0.05, 0) is 11.4 Å². The number of hydrogen-bond donors (Lipinski definition) is 2. The van der Waals surface area contributed by atoms with Crippen molar-refractivity contribution in [3.8, 4) is 0 Å². The third-order valence-corrected chi connectivity index (χ3v) is 3.04. The monoisotopic (exact) mass is 170 g/mol. The molecule has 3 N–H and O–H groups in total. The standard InChI is InChI=1S/C7H10N2OS/c8-9-7(4-10-5-7)6-2-1-3-11-6/h1-3,9H,4-5,8H2. The predicted molar refractivity (Wildman–Crippen MR) is 44.1 cm³/mol. The van der Waals surface area contributed by atoms with Gasteiger partial charge < -0.3 is 4.74 Å². The topological polar surface area (TPSA) is 47.3 Å². The van der Waals surface area contributed by atoms with Gasteiger partial charge in [0, 0.05) is 4.88 Å². The smallest absolute Gasteiger partial charge is 0.113 e. The quantitative estimate of drug-likeness (QED) is 0.500. The van der Waals surface area contributed by atoms with Crippen molar-refractivity contribution < 1.29 is 4.74 Å². The lowest BCUT2D eigenvalue weighted by atomic mass is 9.97. The number of rotatable bonds is 2. The van der Waals surface area contributed by atoms with Gasteiger partial charge in [-0.1, -0.05) is 6.07 Å². The molecule has 0 atom stereocenters. The van der Waals surface area contributed by atoms with Gasteiger partial charge in [-0.3, -0.25) is 5.84 Å². The molecule has 1 saturated heterocycles. The Bertz CT molecular complexity index is 225. The second-order valence-electron chi connectivity index (χ2n) is 2.70. The van der Waals surface area contributed by atoms with Crippen LogP contribution in [0, 0.1) is 0 Å². The van der Waals surface area contributed by atoms with Crippen molar-refractivity contribution in [1.29, 1.82) is 0 Å². The van der Waals surface area contributed by atoms with Gasteiger partial charge in [-0.2, -0.15) is 0 Å². The Labute approximate surface area is 69.1 Å². The highest BCUT2D eigenvalue weighted by molar-refractivity contribution is 7.10. The van der Waals surface area contributed by atoms with Crippen LogP contribution in [0.4, 0.5) is 0 Å². The molecular weight excluding hydrogens is 160 g/mol. The molecule has 0 radical (unpaired) electrons. The van der Waals surface area contributed by atoms with E-state index in [9.17, 15) is 0 Å². The number of nitrogens with one attached hydrogen (secondary N) is 1. The van der Waals surface area contributed by atoms with Crippen LogP contribution in [-0.2, 0) is 10.3 Å². The number of hydrogen-bond acceptors (Lipinski definition) is 4. The molecule has 1 fully saturated rings. The Kier molecular flexibility index (Phi) is 1.69. The van der Waals surface area contributed by atoms with Gasteiger partial charge in [-0.15, -0.1) is 11.3 Å². The van der Waals surface area contributed by atoms with Gasteiger partial charge in [0.2, 0.25) is 0 Å². The molecule has 1 aromatic heterocycles. The van der Waals surface area contributed by atoms with Crippen LogP contribution in [0.3, 0.4) is 0 Å². The van der Waals surface area contributed by atoms with Gasteiger partial charge in [0.1, 0.15) is 5.54 Å². The van der Waals surface area contributed by atoms with Crippen LogP contribution in [0.1, 0.15) is 4.88 Å². The van der Waals surface area contributed by atoms with E-state index in [2.05, 4.69) is 11.5 Å². The summed E-state index contributed by atoms with van der Waals surface area (Å²) in [5.74, 6) is 5.44. The molecule has 2 rings (SSSR count). The first-order chi connectivity index (χ1) is 5.37. The van der Waals surface area contributed by atoms with E-state index < -0.39 is 0 Å². The largest absolute Gasteiger partial charge is 0.377 e. The zero-order chi connectivity index (χ0) is 7.73. The Morgan fingerprint density at radius 3 is 2.82 bits per heavy atom. The average Bonchev–Trinajstić information content (AvgIpc) is 2.39. The van der Waals surface area contributed by atoms with E-state index in [1.807, 2.05) is 11.4 Å². The predicted octanol–water partition coefficient (Wildman–Crippen LogP) is 0.437. The molecule has 0 aliphatic carbocycles. The summed E-state index contributed by atoms with van der Waals surface area (Å²) in [7, 11) is 0. The van der Waals surface area contributed by atoms with Gasteiger partial charge in [-0.25, -0.2) is 5.43 Å². The fourth-order valence-electron chi connectivity index (χ4n) is 1.15. The molecule has 1 aliphatic heterocycles. The Morgan fingerprint density at radius 2 is 2.45 bits per heavy atom. The van der Waals surface area contributed by atoms with Crippen LogP contribution in [0.2, 0.25) is 0 Å². The Balaban J connectivity index is 2.25. The summed E-state index contributed by atoms with van der Waals surface area (Å²) in [4.78, 5) is 1.26. The summed E-state index contributed by atoms with van der Waals surface area (Å²) in [6, 6.07) is 4.10.